The van der Waals surface area contributed by atoms with Crippen LogP contribution in [-0.2, 0) is 0 Å². The molecule has 0 aliphatic carbocycles. The van der Waals surface area contributed by atoms with Crippen LogP contribution in [0.4, 0.5) is 9.41 Å². The summed E-state index contributed by atoms with van der Waals surface area (Å²) in [5, 5.41) is 24.4. The van der Waals surface area contributed by atoms with Gasteiger partial charge in [-0.25, -0.2) is 17.3 Å². The molecule has 0 saturated heterocycles. The molecule has 0 aliphatic heterocycles. The van der Waals surface area contributed by atoms with Crippen LogP contribution < -0.4 is 20.6 Å². The van der Waals surface area contributed by atoms with Crippen molar-refractivity contribution in [2.45, 2.75) is 27.7 Å². The molecular formula is C12H42F2N4S2. The number of rotatable bonds is 4. The van der Waals surface area contributed by atoms with Gasteiger partial charge in [-0.2, -0.15) is 0 Å². The van der Waals surface area contributed by atoms with Gasteiger partial charge < -0.3 is 0 Å². The van der Waals surface area contributed by atoms with Crippen molar-refractivity contribution in [2.24, 2.45) is 20.6 Å². The largest absolute Gasteiger partial charge is 0.298 e. The van der Waals surface area contributed by atoms with Crippen LogP contribution in [0.5, 0.6) is 0 Å². The van der Waals surface area contributed by atoms with E-state index in [0.717, 1.165) is 23.0 Å². The average Bonchev–Trinajstić information content (AvgIpc) is 2.18. The molecule has 8 heteroatoms. The summed E-state index contributed by atoms with van der Waals surface area (Å²) in [6.07, 6.45) is 8.06. The maximum absolute atomic E-state index is 6.10. The van der Waals surface area contributed by atoms with Crippen molar-refractivity contribution in [3.8, 4) is 0 Å². The maximum Gasteiger partial charge on any atom is -0.0178 e. The van der Waals surface area contributed by atoms with Gasteiger partial charge in [0.15, 0.2) is 0 Å². The summed E-state index contributed by atoms with van der Waals surface area (Å²) in [5.41, 5.74) is 0. The van der Waals surface area contributed by atoms with Crippen molar-refractivity contribution in [2.75, 3.05) is 48.0 Å². The van der Waals surface area contributed by atoms with Crippen LogP contribution in [0.3, 0.4) is 0 Å². The van der Waals surface area contributed by atoms with E-state index in [2.05, 4.69) is 27.7 Å². The molecule has 0 radical (unpaired) electrons. The Morgan fingerprint density at radius 2 is 0.600 bits per heavy atom. The predicted molar refractivity (Wildman–Crippen MR) is 103 cm³/mol. The van der Waals surface area contributed by atoms with E-state index in [-0.39, 0.29) is 9.41 Å². The van der Waals surface area contributed by atoms with Gasteiger partial charge in [-0.05, 0) is 48.0 Å². The lowest BCUT2D eigenvalue weighted by molar-refractivity contribution is 1.11. The Morgan fingerprint density at radius 1 is 0.500 bits per heavy atom. The average molecular weight is 345 g/mol. The monoisotopic (exact) mass is 344 g/mol. The Bertz CT molecular complexity index is 260. The van der Waals surface area contributed by atoms with E-state index in [1.807, 2.05) is 25.0 Å². The highest BCUT2D eigenvalue weighted by Gasteiger charge is 2.39. The number of hydrogen-bond acceptors (Lipinski definition) is 4. The molecule has 0 aromatic heterocycles. The zero-order chi connectivity index (χ0) is 15.6. The Morgan fingerprint density at radius 3 is 0.600 bits per heavy atom. The summed E-state index contributed by atoms with van der Waals surface area (Å²) in [5.74, 6) is 3.60. The van der Waals surface area contributed by atoms with Crippen LogP contribution in [0, 0.1) is 0 Å². The van der Waals surface area contributed by atoms with Gasteiger partial charge in [-0.1, -0.05) is 27.7 Å². The highest BCUT2D eigenvalue weighted by atomic mass is 32.4. The first-order chi connectivity index (χ1) is 7.25. The van der Waals surface area contributed by atoms with E-state index in [0.29, 0.717) is 0 Å². The summed E-state index contributed by atoms with van der Waals surface area (Å²) in [6.45, 7) is 8.24. The topological polar surface area (TPSA) is 104 Å². The van der Waals surface area contributed by atoms with Crippen molar-refractivity contribution in [3.05, 3.63) is 0 Å². The molecule has 0 amide bonds. The fourth-order valence-corrected chi connectivity index (χ4v) is 1.22. The molecule has 0 aromatic rings. The van der Waals surface area contributed by atoms with E-state index in [9.17, 15) is 0 Å². The van der Waals surface area contributed by atoms with E-state index in [1.165, 1.54) is 0 Å². The zero-order valence-corrected chi connectivity index (χ0v) is 16.4. The van der Waals surface area contributed by atoms with Crippen LogP contribution in [0.15, 0.2) is 0 Å². The van der Waals surface area contributed by atoms with Crippen molar-refractivity contribution >= 4 is 17.3 Å². The van der Waals surface area contributed by atoms with E-state index in [1.54, 1.807) is 0 Å². The highest BCUT2D eigenvalue weighted by Crippen LogP contribution is 2.69. The molecule has 136 valence electrons. The van der Waals surface area contributed by atoms with E-state index >= 15 is 0 Å². The van der Waals surface area contributed by atoms with Crippen LogP contribution in [-0.4, -0.2) is 48.0 Å². The van der Waals surface area contributed by atoms with Crippen LogP contribution in [0.2, 0.25) is 0 Å². The Kier molecular flexibility index (Phi) is 7.92. The second-order valence-corrected chi connectivity index (χ2v) is 24.5. The normalized spacial score (nSPS) is 18.6. The van der Waals surface area contributed by atoms with Gasteiger partial charge in [0.25, 0.3) is 0 Å². The SMILES string of the molecule is CCS(C)(C)(N)(N)CC.CCS(C)(C)(N)(N)CC.F.F. The molecule has 0 bridgehead atoms. The molecule has 0 atom stereocenters. The summed E-state index contributed by atoms with van der Waals surface area (Å²) >= 11 is 0. The first-order valence-corrected chi connectivity index (χ1v) is 14.0. The van der Waals surface area contributed by atoms with Crippen LogP contribution >= 0.6 is 17.3 Å². The molecule has 8 N–H and O–H groups in total. The lowest BCUT2D eigenvalue weighted by atomic mass is 11.0. The molecule has 0 fully saturated rings. The molecule has 20 heavy (non-hydrogen) atoms. The maximum atomic E-state index is 6.10. The molecule has 0 rings (SSSR count). The third-order valence-corrected chi connectivity index (χ3v) is 13.4. The molecule has 0 heterocycles. The number of hydrogen-bond donors (Lipinski definition) is 4. The van der Waals surface area contributed by atoms with Gasteiger partial charge in [0.05, 0.1) is 0 Å². The Labute approximate surface area is 123 Å². The molecule has 4 nitrogen and oxygen atoms in total. The van der Waals surface area contributed by atoms with Gasteiger partial charge in [0.2, 0.25) is 0 Å². The van der Waals surface area contributed by atoms with Gasteiger partial charge in [-0.3, -0.25) is 30.0 Å². The van der Waals surface area contributed by atoms with Gasteiger partial charge in [0, 0.05) is 0 Å². The van der Waals surface area contributed by atoms with Gasteiger partial charge >= 0.3 is 0 Å². The van der Waals surface area contributed by atoms with Crippen molar-refractivity contribution < 1.29 is 9.41 Å². The van der Waals surface area contributed by atoms with Crippen molar-refractivity contribution in [3.63, 3.8) is 0 Å². The van der Waals surface area contributed by atoms with E-state index < -0.39 is 17.3 Å². The summed E-state index contributed by atoms with van der Waals surface area (Å²) < 4.78 is 0. The molecular weight excluding hydrogens is 302 g/mol. The smallest absolute Gasteiger partial charge is 0.0178 e. The minimum atomic E-state index is -2.53. The lowest BCUT2D eigenvalue weighted by Crippen LogP contribution is -2.54. The third-order valence-electron chi connectivity index (χ3n) is 4.46. The van der Waals surface area contributed by atoms with Crippen molar-refractivity contribution in [1.29, 1.82) is 0 Å². The molecule has 0 spiro atoms. The molecule has 0 unspecified atom stereocenters. The van der Waals surface area contributed by atoms with Gasteiger partial charge in [-0.15, -0.1) is 0 Å². The van der Waals surface area contributed by atoms with Crippen LogP contribution in [0.25, 0.3) is 0 Å². The molecule has 0 saturated carbocycles. The fourth-order valence-electron chi connectivity index (χ4n) is 0.408. The summed E-state index contributed by atoms with van der Waals surface area (Å²) in [4.78, 5) is 0. The minimum Gasteiger partial charge on any atom is -0.298 e. The standard InChI is InChI=1S/2C6H20N2S.2FH/c2*1-5-9(3,4,7,8)6-2;;/h2*5-8H2,1-4H3;2*1H. The predicted octanol–water partition coefficient (Wildman–Crippen LogP) is 2.12. The van der Waals surface area contributed by atoms with Crippen molar-refractivity contribution in [1.82, 2.24) is 0 Å². The highest BCUT2D eigenvalue weighted by molar-refractivity contribution is 8.61. The zero-order valence-electron chi connectivity index (χ0n) is 14.8. The second-order valence-electron chi connectivity index (χ2n) is 8.18. The van der Waals surface area contributed by atoms with Crippen LogP contribution in [0.1, 0.15) is 27.7 Å². The Hall–Kier alpha value is 0.400. The first kappa shape index (κ1) is 28.5. The first-order valence-electron chi connectivity index (χ1n) is 6.56. The summed E-state index contributed by atoms with van der Waals surface area (Å²) in [6, 6.07) is 0. The quantitative estimate of drug-likeness (QED) is 0.627. The summed E-state index contributed by atoms with van der Waals surface area (Å²) in [7, 11) is -5.06. The number of halogens is 2. The third kappa shape index (κ3) is 13.4. The van der Waals surface area contributed by atoms with E-state index in [4.69, 9.17) is 20.6 Å². The molecule has 0 aromatic carbocycles. The molecule has 0 aliphatic rings. The number of nitrogens with two attached hydrogens (primary N) is 4. The van der Waals surface area contributed by atoms with Gasteiger partial charge in [0.1, 0.15) is 0 Å². The Balaban J connectivity index is -0.000000116. The fraction of sp³-hybridized carbons (Fsp3) is 1.00. The second kappa shape index (κ2) is 5.55. The lowest BCUT2D eigenvalue weighted by Gasteiger charge is -2.68. The minimum absolute atomic E-state index is 0.